The van der Waals surface area contributed by atoms with Crippen LogP contribution in [0.2, 0.25) is 17.3 Å². The van der Waals surface area contributed by atoms with Crippen LogP contribution in [0.15, 0.2) is 72.9 Å². The molecule has 0 unspecified atom stereocenters. The van der Waals surface area contributed by atoms with E-state index >= 15 is 0 Å². The number of hydrogen-bond donors (Lipinski definition) is 0. The van der Waals surface area contributed by atoms with Crippen LogP contribution in [0.4, 0.5) is 4.39 Å². The van der Waals surface area contributed by atoms with E-state index in [1.165, 1.54) is 20.7 Å². The van der Waals surface area contributed by atoms with Crippen LogP contribution in [0.5, 0.6) is 0 Å². The molecule has 1 aromatic heterocycles. The number of benzene rings is 3. The monoisotopic (exact) mass is 431 g/mol. The number of halogens is 1. The molecule has 0 saturated carbocycles. The minimum atomic E-state index is -2.05. The summed E-state index contributed by atoms with van der Waals surface area (Å²) >= 11 is -2.05. The number of hydrogen-bond acceptors (Lipinski definition) is 1. The summed E-state index contributed by atoms with van der Waals surface area (Å²) in [6.45, 7) is 2.12. The molecule has 0 aliphatic carbocycles. The predicted molar refractivity (Wildman–Crippen MR) is 120 cm³/mol. The van der Waals surface area contributed by atoms with E-state index in [2.05, 4.69) is 65.6 Å². The summed E-state index contributed by atoms with van der Waals surface area (Å²) < 4.78 is 16.1. The molecule has 140 valence electrons. The second-order valence-corrected chi connectivity index (χ2v) is 19.0. The molecule has 0 spiro atoms. The third-order valence-electron chi connectivity index (χ3n) is 5.27. The van der Waals surface area contributed by atoms with Gasteiger partial charge in [-0.1, -0.05) is 6.07 Å². The van der Waals surface area contributed by atoms with Crippen LogP contribution >= 0.6 is 0 Å². The molecule has 0 aliphatic heterocycles. The Balaban J connectivity index is 1.79. The third kappa shape index (κ3) is 3.61. The molecule has 0 N–H and O–H groups in total. The van der Waals surface area contributed by atoms with Gasteiger partial charge in [0.1, 0.15) is 0 Å². The molecule has 28 heavy (non-hydrogen) atoms. The van der Waals surface area contributed by atoms with Crippen molar-refractivity contribution in [2.24, 2.45) is 0 Å². The Labute approximate surface area is 168 Å². The Kier molecular flexibility index (Phi) is 4.84. The zero-order valence-corrected chi connectivity index (χ0v) is 18.9. The Morgan fingerprint density at radius 3 is 2.36 bits per heavy atom. The van der Waals surface area contributed by atoms with Gasteiger partial charge < -0.3 is 0 Å². The Bertz CT molecular complexity index is 1170. The Morgan fingerprint density at radius 1 is 0.821 bits per heavy atom. The summed E-state index contributed by atoms with van der Waals surface area (Å²) in [5.41, 5.74) is 4.63. The molecule has 4 rings (SSSR count). The molecular weight excluding hydrogens is 406 g/mol. The number of rotatable bonds is 3. The van der Waals surface area contributed by atoms with Gasteiger partial charge in [-0.2, -0.15) is 0 Å². The summed E-state index contributed by atoms with van der Waals surface area (Å²) in [6.07, 6.45) is 1.77. The normalized spacial score (nSPS) is 11.8. The van der Waals surface area contributed by atoms with Crippen molar-refractivity contribution in [3.8, 4) is 22.4 Å². The number of fused-ring (bicyclic) bond motifs is 1. The van der Waals surface area contributed by atoms with Gasteiger partial charge in [0.2, 0.25) is 0 Å². The number of aromatic nitrogens is 1. The molecule has 3 heteroatoms. The maximum absolute atomic E-state index is 14.9. The van der Waals surface area contributed by atoms with E-state index in [4.69, 9.17) is 0 Å². The van der Waals surface area contributed by atoms with Crippen LogP contribution in [0.25, 0.3) is 33.2 Å². The van der Waals surface area contributed by atoms with Crippen molar-refractivity contribution in [2.45, 2.75) is 24.2 Å². The zero-order valence-electron chi connectivity index (χ0n) is 16.8. The van der Waals surface area contributed by atoms with Gasteiger partial charge in [0, 0.05) is 0 Å². The first-order chi connectivity index (χ1) is 13.3. The van der Waals surface area contributed by atoms with Gasteiger partial charge in [-0.3, -0.25) is 0 Å². The van der Waals surface area contributed by atoms with Crippen molar-refractivity contribution in [3.63, 3.8) is 0 Å². The molecule has 1 heterocycles. The third-order valence-corrected chi connectivity index (χ3v) is 9.56. The van der Waals surface area contributed by atoms with E-state index < -0.39 is 13.3 Å². The quantitative estimate of drug-likeness (QED) is 0.336. The molecular formula is C25H24FGeN. The standard InChI is InChI=1S/C25H24FGeN/c1-17-13-20(14-18-7-5-6-8-22(17)18)25-15-19(11-12-28-25)23-10-9-21(16-24(23)26)27(2,3)4/h5-16H,1-4H3. The minimum absolute atomic E-state index is 0.148. The van der Waals surface area contributed by atoms with Crippen molar-refractivity contribution in [2.75, 3.05) is 0 Å². The summed E-state index contributed by atoms with van der Waals surface area (Å²) in [7, 11) is 0. The fourth-order valence-electron chi connectivity index (χ4n) is 3.62. The molecule has 0 radical (unpaired) electrons. The van der Waals surface area contributed by atoms with Gasteiger partial charge in [0.05, 0.1) is 0 Å². The van der Waals surface area contributed by atoms with Crippen LogP contribution in [0.3, 0.4) is 0 Å². The van der Waals surface area contributed by atoms with Crippen molar-refractivity contribution < 1.29 is 4.39 Å². The van der Waals surface area contributed by atoms with Gasteiger partial charge in [0.15, 0.2) is 0 Å². The number of nitrogens with zero attached hydrogens (tertiary/aromatic N) is 1. The van der Waals surface area contributed by atoms with Crippen molar-refractivity contribution in [1.29, 1.82) is 0 Å². The SMILES string of the molecule is Cc1cc(-c2cc(-c3cc[c]([Ge]([CH3])([CH3])[CH3])cc3F)ccn2)cc2ccccc12. The average Bonchev–Trinajstić information content (AvgIpc) is 2.67. The molecule has 1 nitrogen and oxygen atoms in total. The van der Waals surface area contributed by atoms with Gasteiger partial charge >= 0.3 is 163 Å². The summed E-state index contributed by atoms with van der Waals surface area (Å²) in [6, 6.07) is 22.3. The molecule has 3 aromatic carbocycles. The maximum atomic E-state index is 14.9. The first-order valence-corrected chi connectivity index (χ1v) is 16.9. The molecule has 0 saturated heterocycles. The number of aryl methyl sites for hydroxylation is 1. The summed E-state index contributed by atoms with van der Waals surface area (Å²) in [4.78, 5) is 4.56. The summed E-state index contributed by atoms with van der Waals surface area (Å²) in [5, 5.41) is 2.44. The van der Waals surface area contributed by atoms with Crippen molar-refractivity contribution in [1.82, 2.24) is 4.98 Å². The van der Waals surface area contributed by atoms with Gasteiger partial charge in [0.25, 0.3) is 0 Å². The van der Waals surface area contributed by atoms with Crippen LogP contribution in [-0.2, 0) is 0 Å². The first kappa shape index (κ1) is 18.9. The average molecular weight is 430 g/mol. The van der Waals surface area contributed by atoms with E-state index in [1.807, 2.05) is 24.3 Å². The Hall–Kier alpha value is -2.46. The van der Waals surface area contributed by atoms with Crippen LogP contribution in [0.1, 0.15) is 5.56 Å². The van der Waals surface area contributed by atoms with Gasteiger partial charge in [-0.05, 0) is 0 Å². The van der Waals surface area contributed by atoms with Crippen LogP contribution < -0.4 is 4.40 Å². The van der Waals surface area contributed by atoms with Gasteiger partial charge in [-0.25, -0.2) is 0 Å². The topological polar surface area (TPSA) is 12.9 Å². The molecule has 0 atom stereocenters. The fraction of sp³-hybridized carbons (Fsp3) is 0.160. The van der Waals surface area contributed by atoms with E-state index in [0.717, 1.165) is 16.8 Å². The second kappa shape index (κ2) is 7.17. The molecule has 4 aromatic rings. The molecule has 0 fully saturated rings. The van der Waals surface area contributed by atoms with E-state index in [1.54, 1.807) is 12.3 Å². The number of pyridine rings is 1. The van der Waals surface area contributed by atoms with Crippen LogP contribution in [0, 0.1) is 12.7 Å². The first-order valence-electron chi connectivity index (χ1n) is 9.59. The predicted octanol–water partition coefficient (Wildman–Crippen LogP) is 6.56. The van der Waals surface area contributed by atoms with E-state index in [-0.39, 0.29) is 5.82 Å². The van der Waals surface area contributed by atoms with Gasteiger partial charge in [-0.15, -0.1) is 0 Å². The Morgan fingerprint density at radius 2 is 1.61 bits per heavy atom. The van der Waals surface area contributed by atoms with Crippen LogP contribution in [-0.4, -0.2) is 18.3 Å². The molecule has 0 amide bonds. The zero-order chi connectivity index (χ0) is 19.9. The molecule has 0 bridgehead atoms. The van der Waals surface area contributed by atoms with E-state index in [9.17, 15) is 4.39 Å². The van der Waals surface area contributed by atoms with E-state index in [0.29, 0.717) is 5.56 Å². The second-order valence-electron chi connectivity index (χ2n) is 8.39. The van der Waals surface area contributed by atoms with Crippen molar-refractivity contribution in [3.05, 3.63) is 84.3 Å². The fourth-order valence-corrected chi connectivity index (χ4v) is 6.02. The van der Waals surface area contributed by atoms with Crippen molar-refractivity contribution >= 4 is 28.4 Å². The molecule has 0 aliphatic rings. The summed E-state index contributed by atoms with van der Waals surface area (Å²) in [5.74, 6) is 6.69.